The van der Waals surface area contributed by atoms with Crippen LogP contribution in [0, 0.1) is 0 Å². The summed E-state index contributed by atoms with van der Waals surface area (Å²) in [7, 11) is 1.63. The number of hydrogen-bond donors (Lipinski definition) is 0. The van der Waals surface area contributed by atoms with E-state index in [0.29, 0.717) is 13.0 Å². The highest BCUT2D eigenvalue weighted by Crippen LogP contribution is 2.19. The smallest absolute Gasteiger partial charge is 0.225 e. The SMILES string of the molecule is C=C(C)CN1C(=O)CCC1OC. The largest absolute Gasteiger partial charge is 0.362 e. The Bertz CT molecular complexity index is 201. The molecule has 1 atom stereocenters. The number of amides is 1. The van der Waals surface area contributed by atoms with E-state index in [2.05, 4.69) is 6.58 Å². The van der Waals surface area contributed by atoms with Crippen LogP contribution in [0.25, 0.3) is 0 Å². The molecule has 3 nitrogen and oxygen atoms in total. The molecule has 3 heteroatoms. The van der Waals surface area contributed by atoms with Crippen LogP contribution in [0.3, 0.4) is 0 Å². The number of nitrogens with zero attached hydrogens (tertiary/aromatic N) is 1. The number of ether oxygens (including phenoxy) is 1. The first-order valence-electron chi connectivity index (χ1n) is 4.12. The molecule has 0 saturated carbocycles. The van der Waals surface area contributed by atoms with Gasteiger partial charge < -0.3 is 9.64 Å². The first-order chi connectivity index (χ1) is 5.65. The quantitative estimate of drug-likeness (QED) is 0.593. The lowest BCUT2D eigenvalue weighted by atomic mass is 10.3. The number of likely N-dealkylation sites (tertiary alicyclic amines) is 1. The molecule has 68 valence electrons. The van der Waals surface area contributed by atoms with E-state index in [1.807, 2.05) is 6.92 Å². The molecule has 0 aromatic heterocycles. The van der Waals surface area contributed by atoms with Crippen molar-refractivity contribution in [3.05, 3.63) is 12.2 Å². The average molecular weight is 169 g/mol. The van der Waals surface area contributed by atoms with Crippen molar-refractivity contribution < 1.29 is 9.53 Å². The lowest BCUT2D eigenvalue weighted by Crippen LogP contribution is -2.35. The minimum Gasteiger partial charge on any atom is -0.362 e. The van der Waals surface area contributed by atoms with E-state index in [9.17, 15) is 4.79 Å². The second-order valence-corrected chi connectivity index (χ2v) is 3.21. The van der Waals surface area contributed by atoms with Crippen molar-refractivity contribution in [1.82, 2.24) is 4.90 Å². The number of methoxy groups -OCH3 is 1. The Morgan fingerprint density at radius 3 is 3.00 bits per heavy atom. The van der Waals surface area contributed by atoms with Crippen molar-refractivity contribution in [2.24, 2.45) is 0 Å². The topological polar surface area (TPSA) is 29.5 Å². The first kappa shape index (κ1) is 9.26. The summed E-state index contributed by atoms with van der Waals surface area (Å²) in [6.07, 6.45) is 1.38. The van der Waals surface area contributed by atoms with Gasteiger partial charge in [-0.3, -0.25) is 4.79 Å². The van der Waals surface area contributed by atoms with Gasteiger partial charge in [-0.25, -0.2) is 0 Å². The third-order valence-corrected chi connectivity index (χ3v) is 1.99. The Hall–Kier alpha value is -0.830. The molecule has 12 heavy (non-hydrogen) atoms. The van der Waals surface area contributed by atoms with Crippen LogP contribution in [0.15, 0.2) is 12.2 Å². The van der Waals surface area contributed by atoms with Crippen molar-refractivity contribution in [3.8, 4) is 0 Å². The third kappa shape index (κ3) is 1.85. The van der Waals surface area contributed by atoms with Gasteiger partial charge in [-0.1, -0.05) is 12.2 Å². The zero-order valence-corrected chi connectivity index (χ0v) is 7.67. The zero-order valence-electron chi connectivity index (χ0n) is 7.67. The maximum atomic E-state index is 11.3. The molecule has 1 unspecified atom stereocenters. The van der Waals surface area contributed by atoms with Crippen molar-refractivity contribution >= 4 is 5.91 Å². The summed E-state index contributed by atoms with van der Waals surface area (Å²) in [6, 6.07) is 0. The van der Waals surface area contributed by atoms with Crippen molar-refractivity contribution in [1.29, 1.82) is 0 Å². The highest BCUT2D eigenvalue weighted by Gasteiger charge is 2.30. The highest BCUT2D eigenvalue weighted by atomic mass is 16.5. The molecule has 0 radical (unpaired) electrons. The van der Waals surface area contributed by atoms with Gasteiger partial charge in [0.15, 0.2) is 0 Å². The molecule has 1 amide bonds. The summed E-state index contributed by atoms with van der Waals surface area (Å²) in [4.78, 5) is 13.0. The molecule has 0 aromatic carbocycles. The monoisotopic (exact) mass is 169 g/mol. The molecule has 1 aliphatic heterocycles. The van der Waals surface area contributed by atoms with Crippen LogP contribution >= 0.6 is 0 Å². The lowest BCUT2D eigenvalue weighted by molar-refractivity contribution is -0.133. The summed E-state index contributed by atoms with van der Waals surface area (Å²) in [5.74, 6) is 0.171. The predicted octanol–water partition coefficient (Wildman–Crippen LogP) is 1.16. The summed E-state index contributed by atoms with van der Waals surface area (Å²) >= 11 is 0. The van der Waals surface area contributed by atoms with Gasteiger partial charge in [-0.2, -0.15) is 0 Å². The Kier molecular flexibility index (Phi) is 2.87. The number of carbonyl (C=O) groups excluding carboxylic acids is 1. The van der Waals surface area contributed by atoms with E-state index < -0.39 is 0 Å². The maximum Gasteiger partial charge on any atom is 0.225 e. The summed E-state index contributed by atoms with van der Waals surface area (Å²) in [5, 5.41) is 0. The third-order valence-electron chi connectivity index (χ3n) is 1.99. The normalized spacial score (nSPS) is 23.3. The van der Waals surface area contributed by atoms with Gasteiger partial charge in [-0.05, 0) is 6.92 Å². The van der Waals surface area contributed by atoms with E-state index in [0.717, 1.165) is 12.0 Å². The molecule has 1 saturated heterocycles. The molecule has 1 aliphatic rings. The fourth-order valence-electron chi connectivity index (χ4n) is 1.43. The molecule has 0 aromatic rings. The summed E-state index contributed by atoms with van der Waals surface area (Å²) in [5.41, 5.74) is 0.993. The van der Waals surface area contributed by atoms with Gasteiger partial charge in [-0.15, -0.1) is 0 Å². The molecule has 0 aliphatic carbocycles. The fourth-order valence-corrected chi connectivity index (χ4v) is 1.43. The molecule has 0 bridgehead atoms. The van der Waals surface area contributed by atoms with Crippen LogP contribution in [0.5, 0.6) is 0 Å². The van der Waals surface area contributed by atoms with Crippen LogP contribution in [0.4, 0.5) is 0 Å². The van der Waals surface area contributed by atoms with Crippen LogP contribution in [0.2, 0.25) is 0 Å². The molecular weight excluding hydrogens is 154 g/mol. The Morgan fingerprint density at radius 2 is 2.50 bits per heavy atom. The molecule has 1 rings (SSSR count). The van der Waals surface area contributed by atoms with Crippen molar-refractivity contribution in [2.45, 2.75) is 26.0 Å². The maximum absolute atomic E-state index is 11.3. The number of hydrogen-bond acceptors (Lipinski definition) is 2. The fraction of sp³-hybridized carbons (Fsp3) is 0.667. The van der Waals surface area contributed by atoms with Gasteiger partial charge in [0.1, 0.15) is 6.23 Å². The standard InChI is InChI=1S/C9H15NO2/c1-7(2)6-10-8(11)4-5-9(10)12-3/h9H,1,4-6H2,2-3H3. The summed E-state index contributed by atoms with van der Waals surface area (Å²) in [6.45, 7) is 6.31. The Labute approximate surface area is 73.0 Å². The van der Waals surface area contributed by atoms with Gasteiger partial charge in [0.25, 0.3) is 0 Å². The molecule has 0 spiro atoms. The Balaban J connectivity index is 2.57. The highest BCUT2D eigenvalue weighted by molar-refractivity contribution is 5.78. The van der Waals surface area contributed by atoms with E-state index in [1.165, 1.54) is 0 Å². The van der Waals surface area contributed by atoms with Crippen LogP contribution in [0.1, 0.15) is 19.8 Å². The van der Waals surface area contributed by atoms with E-state index >= 15 is 0 Å². The van der Waals surface area contributed by atoms with Crippen LogP contribution in [-0.2, 0) is 9.53 Å². The average Bonchev–Trinajstić information content (AvgIpc) is 2.32. The van der Waals surface area contributed by atoms with Gasteiger partial charge in [0.2, 0.25) is 5.91 Å². The second-order valence-electron chi connectivity index (χ2n) is 3.21. The molecular formula is C9H15NO2. The van der Waals surface area contributed by atoms with Gasteiger partial charge in [0, 0.05) is 26.5 Å². The molecule has 0 N–H and O–H groups in total. The second kappa shape index (κ2) is 3.72. The summed E-state index contributed by atoms with van der Waals surface area (Å²) < 4.78 is 5.16. The van der Waals surface area contributed by atoms with Gasteiger partial charge in [0.05, 0.1) is 0 Å². The van der Waals surface area contributed by atoms with E-state index in [-0.39, 0.29) is 12.1 Å². The number of carbonyl (C=O) groups is 1. The van der Waals surface area contributed by atoms with Gasteiger partial charge >= 0.3 is 0 Å². The van der Waals surface area contributed by atoms with E-state index in [4.69, 9.17) is 4.74 Å². The number of rotatable bonds is 3. The van der Waals surface area contributed by atoms with Crippen LogP contribution in [-0.4, -0.2) is 30.7 Å². The minimum atomic E-state index is -0.0331. The first-order valence-corrected chi connectivity index (χ1v) is 4.12. The van der Waals surface area contributed by atoms with Crippen molar-refractivity contribution in [3.63, 3.8) is 0 Å². The zero-order chi connectivity index (χ0) is 9.14. The van der Waals surface area contributed by atoms with Crippen molar-refractivity contribution in [2.75, 3.05) is 13.7 Å². The predicted molar refractivity (Wildman–Crippen MR) is 46.6 cm³/mol. The lowest BCUT2D eigenvalue weighted by Gasteiger charge is -2.23. The van der Waals surface area contributed by atoms with E-state index in [1.54, 1.807) is 12.0 Å². The molecule has 1 heterocycles. The Morgan fingerprint density at radius 1 is 1.83 bits per heavy atom. The molecule has 1 fully saturated rings. The minimum absolute atomic E-state index is 0.0331. The van der Waals surface area contributed by atoms with Crippen LogP contribution < -0.4 is 0 Å².